The number of ketones is 1. The number of carbonyl (C=O) groups is 1. The van der Waals surface area contributed by atoms with E-state index in [1.165, 1.54) is 23.5 Å². The minimum atomic E-state index is -1.39. The molecule has 2 N–H and O–H groups in total. The number of aliphatic hydroxyl groups is 2. The lowest BCUT2D eigenvalue weighted by Gasteiger charge is -2.52. The average molecular weight is 487 g/mol. The van der Waals surface area contributed by atoms with Crippen molar-refractivity contribution in [2.24, 2.45) is 0 Å². The van der Waals surface area contributed by atoms with Crippen molar-refractivity contribution < 1.29 is 15.0 Å². The first-order valence-corrected chi connectivity index (χ1v) is 13.4. The zero-order chi connectivity index (χ0) is 23.4. The third-order valence-electron chi connectivity index (χ3n) is 7.85. The van der Waals surface area contributed by atoms with Gasteiger partial charge in [0.2, 0.25) is 0 Å². The second kappa shape index (κ2) is 7.85. The molecule has 172 valence electrons. The van der Waals surface area contributed by atoms with E-state index in [0.717, 1.165) is 22.3 Å². The number of allylic oxidation sites excluding steroid dienone is 2. The molecule has 4 unspecified atom stereocenters. The van der Waals surface area contributed by atoms with Gasteiger partial charge < -0.3 is 10.2 Å². The van der Waals surface area contributed by atoms with E-state index in [-0.39, 0.29) is 5.78 Å². The van der Waals surface area contributed by atoms with Crippen LogP contribution in [0.15, 0.2) is 83.7 Å². The molecule has 0 amide bonds. The number of thioether (sulfide) groups is 2. The predicted octanol–water partition coefficient (Wildman–Crippen LogP) is 5.94. The van der Waals surface area contributed by atoms with Gasteiger partial charge in [0, 0.05) is 12.8 Å². The highest BCUT2D eigenvalue weighted by atomic mass is 32.2. The number of benzene rings is 2. The standard InChI is InChI=1S/C29H26O3S2/c30-25(28(17-7-19-33-28)26(31)15-5-11-21-9-1-3-13-23(21)26)29(18-8-20-34-29)27(32)16-6-12-22-10-2-4-14-24(22)27/h1-14,19-20,31-32H,15-18H2. The summed E-state index contributed by atoms with van der Waals surface area (Å²) in [6.07, 6.45) is 13.5. The zero-order valence-corrected chi connectivity index (χ0v) is 20.3. The summed E-state index contributed by atoms with van der Waals surface area (Å²) in [7, 11) is 0. The van der Waals surface area contributed by atoms with Crippen LogP contribution in [0, 0.1) is 0 Å². The number of carbonyl (C=O) groups excluding carboxylic acids is 1. The molecule has 5 heteroatoms. The van der Waals surface area contributed by atoms with Crippen LogP contribution in [0.4, 0.5) is 0 Å². The van der Waals surface area contributed by atoms with E-state index >= 15 is 4.79 Å². The van der Waals surface area contributed by atoms with Crippen molar-refractivity contribution >= 4 is 41.5 Å². The maximum atomic E-state index is 15.0. The highest BCUT2D eigenvalue weighted by Crippen LogP contribution is 2.62. The van der Waals surface area contributed by atoms with Crippen LogP contribution in [0.1, 0.15) is 47.9 Å². The van der Waals surface area contributed by atoms with E-state index in [9.17, 15) is 10.2 Å². The second-order valence-electron chi connectivity index (χ2n) is 9.48. The second-order valence-corrected chi connectivity index (χ2v) is 11.9. The Labute approximate surface area is 208 Å². The van der Waals surface area contributed by atoms with Crippen LogP contribution in [0.25, 0.3) is 12.2 Å². The lowest BCUT2D eigenvalue weighted by atomic mass is 9.63. The molecular formula is C29H26O3S2. The van der Waals surface area contributed by atoms with Crippen LogP contribution in [-0.2, 0) is 16.0 Å². The van der Waals surface area contributed by atoms with Gasteiger partial charge in [-0.3, -0.25) is 4.79 Å². The highest BCUT2D eigenvalue weighted by molar-refractivity contribution is 8.06. The molecule has 4 atom stereocenters. The fraction of sp³-hybridized carbons (Fsp3) is 0.276. The fourth-order valence-corrected chi connectivity index (χ4v) is 8.75. The first-order chi connectivity index (χ1) is 16.5. The van der Waals surface area contributed by atoms with Gasteiger partial charge in [0.15, 0.2) is 5.78 Å². The molecule has 2 aromatic carbocycles. The number of fused-ring (bicyclic) bond motifs is 2. The minimum Gasteiger partial charge on any atom is -0.383 e. The van der Waals surface area contributed by atoms with Crippen LogP contribution in [-0.4, -0.2) is 25.5 Å². The van der Waals surface area contributed by atoms with Gasteiger partial charge in [-0.05, 0) is 45.9 Å². The molecule has 0 bridgehead atoms. The summed E-state index contributed by atoms with van der Waals surface area (Å²) in [5.74, 6) is -0.0924. The molecule has 2 aliphatic carbocycles. The summed E-state index contributed by atoms with van der Waals surface area (Å²) in [6.45, 7) is 0. The molecule has 2 heterocycles. The topological polar surface area (TPSA) is 57.5 Å². The molecule has 0 saturated heterocycles. The van der Waals surface area contributed by atoms with Gasteiger partial charge in [-0.1, -0.05) is 85.0 Å². The fourth-order valence-electron chi connectivity index (χ4n) is 6.12. The Morgan fingerprint density at radius 2 is 1.09 bits per heavy atom. The van der Waals surface area contributed by atoms with Crippen LogP contribution in [0.3, 0.4) is 0 Å². The Hall–Kier alpha value is -2.31. The highest BCUT2D eigenvalue weighted by Gasteiger charge is 2.68. The molecule has 3 nitrogen and oxygen atoms in total. The lowest BCUT2D eigenvalue weighted by Crippen LogP contribution is -2.65. The SMILES string of the molecule is O=C(C1(C2(O)CC=Cc3ccccc32)CC=CS1)C1(C2(O)CC=Cc3ccccc32)CC=CS1. The van der Waals surface area contributed by atoms with E-state index in [4.69, 9.17) is 0 Å². The Balaban J connectivity index is 1.54. The van der Waals surface area contributed by atoms with Gasteiger partial charge in [0.05, 0.1) is 0 Å². The van der Waals surface area contributed by atoms with E-state index in [2.05, 4.69) is 0 Å². The van der Waals surface area contributed by atoms with Crippen molar-refractivity contribution in [2.75, 3.05) is 0 Å². The van der Waals surface area contributed by atoms with Gasteiger partial charge in [0.25, 0.3) is 0 Å². The quantitative estimate of drug-likeness (QED) is 0.560. The van der Waals surface area contributed by atoms with E-state index in [1.807, 2.05) is 95.8 Å². The summed E-state index contributed by atoms with van der Waals surface area (Å²) in [5.41, 5.74) is 0.659. The van der Waals surface area contributed by atoms with Crippen LogP contribution < -0.4 is 0 Å². The molecule has 0 fully saturated rings. The predicted molar refractivity (Wildman–Crippen MR) is 141 cm³/mol. The number of rotatable bonds is 4. The molecular weight excluding hydrogens is 460 g/mol. The molecule has 0 saturated carbocycles. The maximum absolute atomic E-state index is 15.0. The van der Waals surface area contributed by atoms with E-state index < -0.39 is 20.7 Å². The van der Waals surface area contributed by atoms with Crippen molar-refractivity contribution in [1.82, 2.24) is 0 Å². The van der Waals surface area contributed by atoms with Gasteiger partial charge >= 0.3 is 0 Å². The average Bonchev–Trinajstić information content (AvgIpc) is 3.57. The van der Waals surface area contributed by atoms with E-state index in [1.54, 1.807) is 0 Å². The molecule has 2 aliphatic heterocycles. The van der Waals surface area contributed by atoms with Crippen molar-refractivity contribution in [1.29, 1.82) is 0 Å². The van der Waals surface area contributed by atoms with Gasteiger partial charge in [-0.2, -0.15) is 0 Å². The first-order valence-electron chi connectivity index (χ1n) is 11.6. The molecule has 4 aliphatic rings. The number of hydrogen-bond donors (Lipinski definition) is 2. The normalized spacial score (nSPS) is 35.4. The van der Waals surface area contributed by atoms with Crippen LogP contribution in [0.2, 0.25) is 0 Å². The molecule has 0 aromatic heterocycles. The summed E-state index contributed by atoms with van der Waals surface area (Å²) in [5, 5.41) is 28.8. The van der Waals surface area contributed by atoms with Crippen molar-refractivity contribution in [2.45, 2.75) is 46.4 Å². The zero-order valence-electron chi connectivity index (χ0n) is 18.7. The van der Waals surface area contributed by atoms with Crippen molar-refractivity contribution in [3.63, 3.8) is 0 Å². The maximum Gasteiger partial charge on any atom is 0.172 e. The third kappa shape index (κ3) is 2.78. The molecule has 6 rings (SSSR count). The Kier molecular flexibility index (Phi) is 5.12. The summed E-state index contributed by atoms with van der Waals surface area (Å²) in [6, 6.07) is 15.6. The van der Waals surface area contributed by atoms with Gasteiger partial charge in [-0.15, -0.1) is 23.5 Å². The minimum absolute atomic E-state index is 0.0924. The summed E-state index contributed by atoms with van der Waals surface area (Å²) >= 11 is 2.82. The molecule has 2 aromatic rings. The number of Topliss-reactive ketones (excluding diaryl/α,β-unsaturated/α-hetero) is 1. The van der Waals surface area contributed by atoms with Gasteiger partial charge in [0.1, 0.15) is 20.7 Å². The van der Waals surface area contributed by atoms with Crippen molar-refractivity contribution in [3.8, 4) is 0 Å². The molecule has 34 heavy (non-hydrogen) atoms. The van der Waals surface area contributed by atoms with Crippen molar-refractivity contribution in [3.05, 3.63) is 106 Å². The van der Waals surface area contributed by atoms with Gasteiger partial charge in [-0.25, -0.2) is 0 Å². The van der Waals surface area contributed by atoms with Crippen LogP contribution >= 0.6 is 23.5 Å². The monoisotopic (exact) mass is 486 g/mol. The Morgan fingerprint density at radius 1 is 0.647 bits per heavy atom. The summed E-state index contributed by atoms with van der Waals surface area (Å²) < 4.78 is -2.28. The Bertz CT molecular complexity index is 1180. The Morgan fingerprint density at radius 3 is 1.50 bits per heavy atom. The smallest absolute Gasteiger partial charge is 0.172 e. The summed E-state index contributed by atoms with van der Waals surface area (Å²) in [4.78, 5) is 15.0. The van der Waals surface area contributed by atoms with Crippen LogP contribution in [0.5, 0.6) is 0 Å². The third-order valence-corrected chi connectivity index (χ3v) is 10.7. The number of hydrogen-bond acceptors (Lipinski definition) is 5. The molecule has 0 spiro atoms. The lowest BCUT2D eigenvalue weighted by molar-refractivity contribution is -0.140. The largest absolute Gasteiger partial charge is 0.383 e. The van der Waals surface area contributed by atoms with E-state index in [0.29, 0.717) is 25.7 Å². The first kappa shape index (κ1) is 22.2. The molecule has 0 radical (unpaired) electrons.